The number of halogens is 2. The van der Waals surface area contributed by atoms with Gasteiger partial charge in [0.25, 0.3) is 5.91 Å². The average Bonchev–Trinajstić information content (AvgIpc) is 3.86. The van der Waals surface area contributed by atoms with E-state index in [1.54, 1.807) is 59.1 Å². The Morgan fingerprint density at radius 3 is 1.84 bits per heavy atom. The molecular formula is C61H79F2N9O7. The van der Waals surface area contributed by atoms with E-state index in [1.165, 1.54) is 26.8 Å². The van der Waals surface area contributed by atoms with Crippen LogP contribution in [0.2, 0.25) is 0 Å². The minimum Gasteiger partial charge on any atom is -0.347 e. The Morgan fingerprint density at radius 2 is 1.24 bits per heavy atom. The number of likely N-dealkylation sites (tertiary alicyclic amines) is 1. The fraction of sp³-hybridized carbons (Fsp3) is 0.492. The van der Waals surface area contributed by atoms with E-state index < -0.39 is 100 Å². The molecule has 9 atom stereocenters. The molecule has 18 heteroatoms. The van der Waals surface area contributed by atoms with E-state index in [1.807, 2.05) is 84.0 Å². The van der Waals surface area contributed by atoms with Crippen LogP contribution in [0, 0.1) is 22.5 Å². The number of hydrogen-bond acceptors (Lipinski definition) is 9. The second-order valence-electron chi connectivity index (χ2n) is 23.6. The second kappa shape index (κ2) is 25.0. The van der Waals surface area contributed by atoms with Crippen LogP contribution < -0.4 is 31.9 Å². The molecule has 7 rings (SSSR count). The Morgan fingerprint density at radius 1 is 0.671 bits per heavy atom. The molecule has 3 aliphatic rings. The summed E-state index contributed by atoms with van der Waals surface area (Å²) in [7, 11) is 3.28. The fourth-order valence-corrected chi connectivity index (χ4v) is 10.8. The Kier molecular flexibility index (Phi) is 18.8. The maximum absolute atomic E-state index is 15.8. The van der Waals surface area contributed by atoms with Crippen LogP contribution in [0.25, 0.3) is 0 Å². The number of benzene rings is 4. The SMILES string of the molecule is CN[C@@H](C)C(=O)NC(C(=O)N1Cc2ccccc2C[C@H]1C(=O)N(Cc1ccc(C(=O)N[C@H]2C[C@@H](C(=O)N[C@@H]3CCCc4ccccc43)N(C(=O)[C@@H](NC(=O)[C@H](C)NC)C(C)(C)C)C2)cc1)[C@H](C)c1cccc(F)c1F)C(C)(C)C. The van der Waals surface area contributed by atoms with Gasteiger partial charge >= 0.3 is 0 Å². The van der Waals surface area contributed by atoms with Crippen molar-refractivity contribution in [3.63, 3.8) is 0 Å². The predicted octanol–water partition coefficient (Wildman–Crippen LogP) is 6.18. The normalized spacial score (nSPS) is 20.1. The lowest BCUT2D eigenvalue weighted by Crippen LogP contribution is -2.62. The van der Waals surface area contributed by atoms with Crippen LogP contribution in [0.5, 0.6) is 0 Å². The first-order chi connectivity index (χ1) is 37.3. The first kappa shape index (κ1) is 59.6. The van der Waals surface area contributed by atoms with Crippen LogP contribution in [-0.4, -0.2) is 119 Å². The van der Waals surface area contributed by atoms with Crippen molar-refractivity contribution in [3.05, 3.63) is 142 Å². The molecule has 1 unspecified atom stereocenters. The van der Waals surface area contributed by atoms with Crippen LogP contribution in [0.4, 0.5) is 8.78 Å². The third-order valence-corrected chi connectivity index (χ3v) is 15.9. The summed E-state index contributed by atoms with van der Waals surface area (Å²) in [5, 5.41) is 17.9. The molecule has 1 aliphatic carbocycles. The standard InChI is InChI=1S/C61H79F2N9O7/c1-35(64-10)53(73)68-51(60(4,5)6)58(78)71-33-42-20-13-12-19-41(42)30-49(71)57(77)70(37(3)44-23-17-24-46(62)50(44)63)32-38-26-28-40(29-27-38)55(75)66-43-31-48(56(76)67-47-25-16-21-39-18-14-15-22-45(39)47)72(34-43)59(79)52(61(7,8)9)69-54(74)36(2)65-11/h12-15,17-20,22-24,26-29,35-37,43,47-49,51-52,64-65H,16,21,25,30-34H2,1-11H3,(H,66,75)(H,67,76)(H,68,73)(H,69,74)/t35-,36-,37+,43-,47+,48-,49-,51?,52+/m0/s1. The van der Waals surface area contributed by atoms with E-state index in [9.17, 15) is 33.2 Å². The lowest BCUT2D eigenvalue weighted by molar-refractivity contribution is -0.152. The number of hydrogen-bond donors (Lipinski definition) is 6. The Bertz CT molecular complexity index is 2900. The molecule has 2 aliphatic heterocycles. The third-order valence-electron chi connectivity index (χ3n) is 15.9. The molecule has 4 aromatic rings. The lowest BCUT2D eigenvalue weighted by atomic mass is 9.84. The summed E-state index contributed by atoms with van der Waals surface area (Å²) in [4.78, 5) is 105. The second-order valence-corrected chi connectivity index (χ2v) is 23.6. The number of nitrogens with one attached hydrogen (secondary N) is 6. The van der Waals surface area contributed by atoms with Crippen LogP contribution in [0.1, 0.15) is 137 Å². The van der Waals surface area contributed by atoms with Gasteiger partial charge in [-0.15, -0.1) is 0 Å². The molecule has 4 aromatic carbocycles. The Balaban J connectivity index is 1.16. The Labute approximate surface area is 463 Å². The molecule has 1 saturated heterocycles. The number of rotatable bonds is 17. The van der Waals surface area contributed by atoms with Gasteiger partial charge in [0, 0.05) is 43.2 Å². The zero-order chi connectivity index (χ0) is 57.7. The summed E-state index contributed by atoms with van der Waals surface area (Å²) in [6.45, 7) is 15.9. The van der Waals surface area contributed by atoms with Crippen molar-refractivity contribution >= 4 is 41.4 Å². The van der Waals surface area contributed by atoms with Crippen LogP contribution >= 0.6 is 0 Å². The summed E-state index contributed by atoms with van der Waals surface area (Å²) in [6, 6.07) is 18.3. The Hall–Kier alpha value is -7.05. The van der Waals surface area contributed by atoms with Gasteiger partial charge in [-0.3, -0.25) is 33.6 Å². The highest BCUT2D eigenvalue weighted by molar-refractivity contribution is 5.97. The van der Waals surface area contributed by atoms with Gasteiger partial charge in [0.1, 0.15) is 24.2 Å². The summed E-state index contributed by atoms with van der Waals surface area (Å²) in [5.41, 5.74) is 2.98. The predicted molar refractivity (Wildman–Crippen MR) is 298 cm³/mol. The van der Waals surface area contributed by atoms with E-state index in [-0.39, 0.29) is 61.5 Å². The fourth-order valence-electron chi connectivity index (χ4n) is 10.8. The number of carbonyl (C=O) groups excluding carboxylic acids is 7. The van der Waals surface area contributed by atoms with Crippen molar-refractivity contribution in [2.45, 2.75) is 162 Å². The van der Waals surface area contributed by atoms with Gasteiger partial charge in [-0.25, -0.2) is 8.78 Å². The molecule has 6 N–H and O–H groups in total. The molecule has 0 bridgehead atoms. The van der Waals surface area contributed by atoms with Gasteiger partial charge < -0.3 is 46.6 Å². The van der Waals surface area contributed by atoms with E-state index >= 15 is 9.18 Å². The number of fused-ring (bicyclic) bond motifs is 2. The molecule has 7 amide bonds. The molecular weight excluding hydrogens is 1010 g/mol. The number of amides is 7. The van der Waals surface area contributed by atoms with Gasteiger partial charge in [0.05, 0.1) is 24.2 Å². The lowest BCUT2D eigenvalue weighted by Gasteiger charge is -2.43. The average molecular weight is 1090 g/mol. The minimum atomic E-state index is -1.12. The highest BCUT2D eigenvalue weighted by Crippen LogP contribution is 2.35. The minimum absolute atomic E-state index is 0.0132. The molecule has 0 aromatic heterocycles. The summed E-state index contributed by atoms with van der Waals surface area (Å²) in [5.74, 6) is -5.32. The van der Waals surface area contributed by atoms with E-state index in [0.29, 0.717) is 5.56 Å². The highest BCUT2D eigenvalue weighted by Gasteiger charge is 2.47. The van der Waals surface area contributed by atoms with Crippen molar-refractivity contribution in [3.8, 4) is 0 Å². The van der Waals surface area contributed by atoms with Gasteiger partial charge in [0.15, 0.2) is 11.6 Å². The smallest absolute Gasteiger partial charge is 0.251 e. The molecule has 79 heavy (non-hydrogen) atoms. The maximum Gasteiger partial charge on any atom is 0.251 e. The van der Waals surface area contributed by atoms with Crippen molar-refractivity contribution < 1.29 is 42.3 Å². The summed E-state index contributed by atoms with van der Waals surface area (Å²) >= 11 is 0. The third kappa shape index (κ3) is 13.7. The van der Waals surface area contributed by atoms with Gasteiger partial charge in [-0.2, -0.15) is 0 Å². The number of carbonyl (C=O) groups is 7. The van der Waals surface area contributed by atoms with Crippen LogP contribution in [-0.2, 0) is 54.7 Å². The van der Waals surface area contributed by atoms with Gasteiger partial charge in [-0.05, 0) is 117 Å². The van der Waals surface area contributed by atoms with Crippen LogP contribution in [0.3, 0.4) is 0 Å². The van der Waals surface area contributed by atoms with E-state index in [2.05, 4.69) is 38.0 Å². The largest absolute Gasteiger partial charge is 0.347 e. The number of nitrogens with zero attached hydrogens (tertiary/aromatic N) is 3. The summed E-state index contributed by atoms with van der Waals surface area (Å²) in [6.07, 6.45) is 2.69. The molecule has 16 nitrogen and oxygen atoms in total. The van der Waals surface area contributed by atoms with Crippen molar-refractivity contribution in [1.29, 1.82) is 0 Å². The first-order valence-corrected chi connectivity index (χ1v) is 27.5. The number of aryl methyl sites for hydroxylation is 1. The van der Waals surface area contributed by atoms with Crippen molar-refractivity contribution in [2.24, 2.45) is 10.8 Å². The molecule has 0 saturated carbocycles. The molecule has 424 valence electrons. The molecule has 0 radical (unpaired) electrons. The van der Waals surface area contributed by atoms with Gasteiger partial charge in [-0.1, -0.05) is 114 Å². The summed E-state index contributed by atoms with van der Waals surface area (Å²) < 4.78 is 30.7. The van der Waals surface area contributed by atoms with Crippen molar-refractivity contribution in [2.75, 3.05) is 20.6 Å². The quantitative estimate of drug-likeness (QED) is 0.0715. The molecule has 1 fully saturated rings. The maximum atomic E-state index is 15.8. The van der Waals surface area contributed by atoms with Crippen LogP contribution in [0.15, 0.2) is 91.0 Å². The van der Waals surface area contributed by atoms with E-state index in [4.69, 9.17) is 0 Å². The number of likely N-dealkylation sites (N-methyl/N-ethyl adjacent to an activating group) is 2. The zero-order valence-corrected chi connectivity index (χ0v) is 47.5. The monoisotopic (exact) mass is 1090 g/mol. The zero-order valence-electron chi connectivity index (χ0n) is 47.5. The topological polar surface area (TPSA) is 201 Å². The van der Waals surface area contributed by atoms with Crippen molar-refractivity contribution in [1.82, 2.24) is 46.6 Å². The molecule has 0 spiro atoms. The molecule has 2 heterocycles. The van der Waals surface area contributed by atoms with Gasteiger partial charge in [0.2, 0.25) is 35.4 Å². The highest BCUT2D eigenvalue weighted by atomic mass is 19.2. The van der Waals surface area contributed by atoms with E-state index in [0.717, 1.165) is 47.6 Å². The first-order valence-electron chi connectivity index (χ1n) is 27.5.